The molecule has 0 atom stereocenters. The zero-order valence-electron chi connectivity index (χ0n) is 18.5. The quantitative estimate of drug-likeness (QED) is 0.232. The number of nitrogens with zero attached hydrogens (tertiary/aromatic N) is 3. The first kappa shape index (κ1) is 23.9. The number of ether oxygens (including phenoxy) is 1. The average Bonchev–Trinajstić information content (AvgIpc) is 3.39. The van der Waals surface area contributed by atoms with E-state index in [0.717, 1.165) is 21.6 Å². The molecule has 2 N–H and O–H groups in total. The third kappa shape index (κ3) is 5.44. The number of benzene rings is 2. The van der Waals surface area contributed by atoms with Crippen LogP contribution in [0.4, 0.5) is 10.9 Å². The third-order valence-corrected chi connectivity index (χ3v) is 6.50. The van der Waals surface area contributed by atoms with Crippen LogP contribution in [0.2, 0.25) is 5.02 Å². The Morgan fingerprint density at radius 3 is 2.62 bits per heavy atom. The molecule has 7 nitrogen and oxygen atoms in total. The molecule has 0 aliphatic heterocycles. The van der Waals surface area contributed by atoms with Gasteiger partial charge in [0.05, 0.1) is 13.2 Å². The Hall–Kier alpha value is -3.27. The second-order valence-electron chi connectivity index (χ2n) is 7.26. The van der Waals surface area contributed by atoms with Crippen molar-refractivity contribution in [3.63, 3.8) is 0 Å². The van der Waals surface area contributed by atoms with Crippen LogP contribution >= 0.6 is 35.2 Å². The molecule has 2 aromatic heterocycles. The van der Waals surface area contributed by atoms with Crippen molar-refractivity contribution in [1.82, 2.24) is 14.8 Å². The number of thiophene rings is 1. The molecule has 4 aromatic rings. The number of esters is 1. The van der Waals surface area contributed by atoms with E-state index >= 15 is 0 Å². The van der Waals surface area contributed by atoms with Crippen molar-refractivity contribution >= 4 is 57.2 Å². The van der Waals surface area contributed by atoms with E-state index < -0.39 is 5.97 Å². The molecule has 0 bridgehead atoms. The van der Waals surface area contributed by atoms with Crippen molar-refractivity contribution in [2.24, 2.45) is 0 Å². The molecule has 0 unspecified atom stereocenters. The maximum absolute atomic E-state index is 12.9. The van der Waals surface area contributed by atoms with E-state index in [4.69, 9.17) is 28.6 Å². The maximum atomic E-state index is 12.9. The van der Waals surface area contributed by atoms with Crippen LogP contribution in [0.3, 0.4) is 0 Å². The summed E-state index contributed by atoms with van der Waals surface area (Å²) < 4.78 is 7.00. The minimum Gasteiger partial charge on any atom is -0.462 e. The van der Waals surface area contributed by atoms with Crippen LogP contribution in [-0.2, 0) is 11.3 Å². The number of anilines is 2. The first-order chi connectivity index (χ1) is 16.5. The summed E-state index contributed by atoms with van der Waals surface area (Å²) in [4.78, 5) is 18.1. The van der Waals surface area contributed by atoms with E-state index in [9.17, 15) is 4.79 Å². The maximum Gasteiger partial charge on any atom is 0.341 e. The fourth-order valence-electron chi connectivity index (χ4n) is 3.45. The highest BCUT2D eigenvalue weighted by Crippen LogP contribution is 2.40. The topological polar surface area (TPSA) is 81.1 Å². The first-order valence-electron chi connectivity index (χ1n) is 10.5. The number of halogens is 1. The zero-order chi connectivity index (χ0) is 24.1. The molecular formula is C24H22ClN5O2S2. The van der Waals surface area contributed by atoms with Gasteiger partial charge in [0, 0.05) is 15.5 Å². The Balaban J connectivity index is 1.53. The van der Waals surface area contributed by atoms with Gasteiger partial charge in [0.2, 0.25) is 5.95 Å². The molecule has 34 heavy (non-hydrogen) atoms. The van der Waals surface area contributed by atoms with Gasteiger partial charge in [-0.05, 0) is 43.3 Å². The fourth-order valence-corrected chi connectivity index (χ4v) is 4.97. The standard InChI is InChI=1S/C24H22ClN5O2S2/c1-3-32-22(31)20-19(16-9-5-4-6-10-16)15(2)34-21(20)27-24(33)28-23-26-14-30(29-23)13-17-11-7-8-12-18(17)25/h4-12,14H,3,13H2,1-2H3,(H2,27,28,29,33). The molecule has 4 rings (SSSR count). The van der Waals surface area contributed by atoms with Gasteiger partial charge in [0.25, 0.3) is 0 Å². The van der Waals surface area contributed by atoms with Crippen molar-refractivity contribution in [3.05, 3.63) is 82.0 Å². The van der Waals surface area contributed by atoms with E-state index in [0.29, 0.717) is 28.1 Å². The van der Waals surface area contributed by atoms with Gasteiger partial charge in [-0.25, -0.2) is 14.5 Å². The summed E-state index contributed by atoms with van der Waals surface area (Å²) in [5.74, 6) is -0.0723. The van der Waals surface area contributed by atoms with Gasteiger partial charge in [0.15, 0.2) is 5.11 Å². The molecule has 174 valence electrons. The molecule has 0 aliphatic rings. The van der Waals surface area contributed by atoms with Crippen molar-refractivity contribution in [3.8, 4) is 11.1 Å². The number of thiocarbonyl (C=S) groups is 1. The highest BCUT2D eigenvalue weighted by atomic mass is 35.5. The van der Waals surface area contributed by atoms with Crippen LogP contribution in [0.15, 0.2) is 60.9 Å². The molecule has 2 aromatic carbocycles. The number of rotatable bonds is 7. The molecule has 0 saturated carbocycles. The van der Waals surface area contributed by atoms with E-state index in [1.807, 2.05) is 61.5 Å². The molecule has 0 radical (unpaired) electrons. The van der Waals surface area contributed by atoms with Crippen LogP contribution in [0.5, 0.6) is 0 Å². The molecule has 10 heteroatoms. The van der Waals surface area contributed by atoms with Crippen molar-refractivity contribution in [1.29, 1.82) is 0 Å². The van der Waals surface area contributed by atoms with Gasteiger partial charge in [-0.15, -0.1) is 16.4 Å². The minimum absolute atomic E-state index is 0.266. The molecule has 0 amide bonds. The molecular weight excluding hydrogens is 490 g/mol. The summed E-state index contributed by atoms with van der Waals surface area (Å²) in [5, 5.41) is 12.0. The van der Waals surface area contributed by atoms with Crippen molar-refractivity contribution in [2.75, 3.05) is 17.2 Å². The predicted molar refractivity (Wildman–Crippen MR) is 141 cm³/mol. The van der Waals surface area contributed by atoms with Gasteiger partial charge < -0.3 is 10.1 Å². The summed E-state index contributed by atoms with van der Waals surface area (Å²) in [6, 6.07) is 17.3. The predicted octanol–water partition coefficient (Wildman–Crippen LogP) is 6.00. The summed E-state index contributed by atoms with van der Waals surface area (Å²) >= 11 is 13.1. The summed E-state index contributed by atoms with van der Waals surface area (Å²) in [6.45, 7) is 4.50. The number of nitrogens with one attached hydrogen (secondary N) is 2. The Bertz CT molecular complexity index is 1320. The lowest BCUT2D eigenvalue weighted by Gasteiger charge is -2.10. The number of carbonyl (C=O) groups excluding carboxylic acids is 1. The van der Waals surface area contributed by atoms with Crippen molar-refractivity contribution < 1.29 is 9.53 Å². The highest BCUT2D eigenvalue weighted by molar-refractivity contribution is 7.80. The number of hydrogen-bond acceptors (Lipinski definition) is 6. The van der Waals surface area contributed by atoms with Crippen molar-refractivity contribution in [2.45, 2.75) is 20.4 Å². The second kappa shape index (κ2) is 10.8. The molecule has 0 fully saturated rings. The number of carbonyl (C=O) groups is 1. The van der Waals surface area contributed by atoms with Gasteiger partial charge in [0.1, 0.15) is 16.9 Å². The lowest BCUT2D eigenvalue weighted by Crippen LogP contribution is -2.21. The summed E-state index contributed by atoms with van der Waals surface area (Å²) in [5.41, 5.74) is 3.16. The van der Waals surface area contributed by atoms with Crippen LogP contribution in [0, 0.1) is 6.92 Å². The SMILES string of the molecule is CCOC(=O)c1c(NC(=S)Nc2ncn(Cc3ccccc3Cl)n2)sc(C)c1-c1ccccc1. The lowest BCUT2D eigenvalue weighted by atomic mass is 10.0. The van der Waals surface area contributed by atoms with E-state index in [1.165, 1.54) is 11.3 Å². The number of aromatic nitrogens is 3. The highest BCUT2D eigenvalue weighted by Gasteiger charge is 2.25. The molecule has 2 heterocycles. The van der Waals surface area contributed by atoms with Crippen LogP contribution < -0.4 is 10.6 Å². The van der Waals surface area contributed by atoms with Gasteiger partial charge in [-0.3, -0.25) is 5.32 Å². The van der Waals surface area contributed by atoms with Crippen LogP contribution in [0.25, 0.3) is 11.1 Å². The van der Waals surface area contributed by atoms with Crippen LogP contribution in [-0.4, -0.2) is 32.5 Å². The normalized spacial score (nSPS) is 10.7. The van der Waals surface area contributed by atoms with Crippen LogP contribution in [0.1, 0.15) is 27.7 Å². The van der Waals surface area contributed by atoms with E-state index in [1.54, 1.807) is 17.9 Å². The Morgan fingerprint density at radius 1 is 1.15 bits per heavy atom. The van der Waals surface area contributed by atoms with E-state index in [-0.39, 0.29) is 11.7 Å². The zero-order valence-corrected chi connectivity index (χ0v) is 20.9. The van der Waals surface area contributed by atoms with Gasteiger partial charge in [-0.2, -0.15) is 0 Å². The number of aryl methyl sites for hydroxylation is 1. The first-order valence-corrected chi connectivity index (χ1v) is 12.1. The summed E-state index contributed by atoms with van der Waals surface area (Å²) in [6.07, 6.45) is 1.60. The average molecular weight is 512 g/mol. The fraction of sp³-hybridized carbons (Fsp3) is 0.167. The third-order valence-electron chi connectivity index (χ3n) is 4.91. The lowest BCUT2D eigenvalue weighted by molar-refractivity contribution is 0.0529. The molecule has 0 aliphatic carbocycles. The minimum atomic E-state index is -0.404. The Kier molecular flexibility index (Phi) is 7.56. The Labute approximate surface area is 211 Å². The van der Waals surface area contributed by atoms with E-state index in [2.05, 4.69) is 20.7 Å². The van der Waals surface area contributed by atoms with Gasteiger partial charge in [-0.1, -0.05) is 60.1 Å². The second-order valence-corrected chi connectivity index (χ2v) is 9.30. The molecule has 0 spiro atoms. The monoisotopic (exact) mass is 511 g/mol. The number of hydrogen-bond donors (Lipinski definition) is 2. The Morgan fingerprint density at radius 2 is 1.88 bits per heavy atom. The van der Waals surface area contributed by atoms with Gasteiger partial charge >= 0.3 is 5.97 Å². The smallest absolute Gasteiger partial charge is 0.341 e. The molecule has 0 saturated heterocycles. The summed E-state index contributed by atoms with van der Waals surface area (Å²) in [7, 11) is 0. The largest absolute Gasteiger partial charge is 0.462 e.